The monoisotopic (exact) mass is 319 g/mol. The van der Waals surface area contributed by atoms with Crippen LogP contribution in [0.5, 0.6) is 0 Å². The van der Waals surface area contributed by atoms with Crippen molar-refractivity contribution >= 4 is 17.3 Å². The van der Waals surface area contributed by atoms with Crippen LogP contribution >= 0.6 is 11.3 Å². The van der Waals surface area contributed by atoms with Gasteiger partial charge < -0.3 is 10.6 Å². The number of nitrogens with zero attached hydrogens (tertiary/aromatic N) is 1. The average molecular weight is 319 g/mol. The van der Waals surface area contributed by atoms with Gasteiger partial charge in [0.1, 0.15) is 5.82 Å². The lowest BCUT2D eigenvalue weighted by Crippen LogP contribution is -2.38. The lowest BCUT2D eigenvalue weighted by Gasteiger charge is -2.18. The second kappa shape index (κ2) is 7.40. The highest BCUT2D eigenvalue weighted by atomic mass is 32.1. The van der Waals surface area contributed by atoms with Gasteiger partial charge in [0.25, 0.3) is 0 Å². The number of nitrogens with one attached hydrogen (secondary N) is 2. The first-order valence-corrected chi connectivity index (χ1v) is 8.10. The van der Waals surface area contributed by atoms with Gasteiger partial charge in [-0.05, 0) is 50.1 Å². The molecule has 2 N–H and O–H groups in total. The van der Waals surface area contributed by atoms with Crippen LogP contribution < -0.4 is 10.6 Å². The van der Waals surface area contributed by atoms with Gasteiger partial charge in [-0.2, -0.15) is 0 Å². The summed E-state index contributed by atoms with van der Waals surface area (Å²) in [5.41, 5.74) is 1.56. The van der Waals surface area contributed by atoms with E-state index in [1.165, 1.54) is 9.75 Å². The first-order chi connectivity index (χ1) is 10.5. The molecule has 3 nitrogen and oxygen atoms in total. The zero-order chi connectivity index (χ0) is 16.1. The lowest BCUT2D eigenvalue weighted by molar-refractivity contribution is 0.607. The van der Waals surface area contributed by atoms with Crippen LogP contribution in [0, 0.1) is 19.7 Å². The van der Waals surface area contributed by atoms with Crippen LogP contribution in [0.15, 0.2) is 35.3 Å². The Morgan fingerprint density at radius 3 is 2.64 bits per heavy atom. The normalized spacial score (nSPS) is 13.0. The van der Waals surface area contributed by atoms with E-state index < -0.39 is 0 Å². The molecule has 2 rings (SSSR count). The van der Waals surface area contributed by atoms with Gasteiger partial charge in [-0.1, -0.05) is 12.1 Å². The molecule has 1 aromatic carbocycles. The molecular formula is C17H22FN3S. The SMILES string of the molecule is CN=C(NCc1ccc(C)s1)NC(C)c1ccc(C)c(F)c1. The molecule has 0 amide bonds. The van der Waals surface area contributed by atoms with Crippen molar-refractivity contribution in [3.8, 4) is 0 Å². The fourth-order valence-corrected chi connectivity index (χ4v) is 2.94. The molecule has 0 bridgehead atoms. The highest BCUT2D eigenvalue weighted by molar-refractivity contribution is 7.11. The van der Waals surface area contributed by atoms with Crippen LogP contribution in [0.3, 0.4) is 0 Å². The van der Waals surface area contributed by atoms with Crippen molar-refractivity contribution in [1.29, 1.82) is 0 Å². The number of aliphatic imine (C=N–C) groups is 1. The van der Waals surface area contributed by atoms with Crippen molar-refractivity contribution < 1.29 is 4.39 Å². The van der Waals surface area contributed by atoms with E-state index in [2.05, 4.69) is 34.7 Å². The Morgan fingerprint density at radius 1 is 1.27 bits per heavy atom. The molecule has 5 heteroatoms. The minimum absolute atomic E-state index is 0.0219. The number of aryl methyl sites for hydroxylation is 2. The molecule has 1 atom stereocenters. The second-order valence-corrected chi connectivity index (χ2v) is 6.69. The third kappa shape index (κ3) is 4.31. The van der Waals surface area contributed by atoms with Gasteiger partial charge in [0.15, 0.2) is 5.96 Å². The highest BCUT2D eigenvalue weighted by Gasteiger charge is 2.10. The van der Waals surface area contributed by atoms with E-state index in [9.17, 15) is 4.39 Å². The summed E-state index contributed by atoms with van der Waals surface area (Å²) < 4.78 is 13.7. The van der Waals surface area contributed by atoms with Gasteiger partial charge in [0, 0.05) is 16.8 Å². The second-order valence-electron chi connectivity index (χ2n) is 5.31. The van der Waals surface area contributed by atoms with Gasteiger partial charge in [0.05, 0.1) is 12.6 Å². The van der Waals surface area contributed by atoms with Crippen molar-refractivity contribution in [3.05, 3.63) is 57.0 Å². The Labute approximate surface area is 135 Å². The van der Waals surface area contributed by atoms with E-state index in [1.54, 1.807) is 37.4 Å². The molecule has 0 aliphatic carbocycles. The van der Waals surface area contributed by atoms with Crippen molar-refractivity contribution in [2.45, 2.75) is 33.4 Å². The number of halogens is 1. The molecule has 1 aromatic heterocycles. The van der Waals surface area contributed by atoms with E-state index in [4.69, 9.17) is 0 Å². The van der Waals surface area contributed by atoms with Gasteiger partial charge >= 0.3 is 0 Å². The smallest absolute Gasteiger partial charge is 0.191 e. The van der Waals surface area contributed by atoms with Crippen LogP contribution in [0.4, 0.5) is 4.39 Å². The quantitative estimate of drug-likeness (QED) is 0.662. The van der Waals surface area contributed by atoms with Gasteiger partial charge in [-0.15, -0.1) is 11.3 Å². The highest BCUT2D eigenvalue weighted by Crippen LogP contribution is 2.17. The van der Waals surface area contributed by atoms with Gasteiger partial charge in [0.2, 0.25) is 0 Å². The fraction of sp³-hybridized carbons (Fsp3) is 0.353. The van der Waals surface area contributed by atoms with Crippen LogP contribution in [-0.4, -0.2) is 13.0 Å². The summed E-state index contributed by atoms with van der Waals surface area (Å²) in [4.78, 5) is 6.77. The molecule has 0 fully saturated rings. The summed E-state index contributed by atoms with van der Waals surface area (Å²) in [7, 11) is 1.73. The maximum absolute atomic E-state index is 13.7. The summed E-state index contributed by atoms with van der Waals surface area (Å²) in [6, 6.07) is 9.50. The average Bonchev–Trinajstić information content (AvgIpc) is 2.91. The zero-order valence-corrected chi connectivity index (χ0v) is 14.2. The van der Waals surface area contributed by atoms with Crippen LogP contribution in [0.25, 0.3) is 0 Å². The maximum atomic E-state index is 13.7. The number of guanidine groups is 1. The molecule has 0 saturated heterocycles. The largest absolute Gasteiger partial charge is 0.352 e. The minimum Gasteiger partial charge on any atom is -0.352 e. The van der Waals surface area contributed by atoms with Crippen LogP contribution in [0.2, 0.25) is 0 Å². The van der Waals surface area contributed by atoms with Crippen molar-refractivity contribution in [3.63, 3.8) is 0 Å². The Balaban J connectivity index is 1.95. The number of hydrogen-bond acceptors (Lipinski definition) is 2. The Hall–Kier alpha value is -1.88. The van der Waals surface area contributed by atoms with E-state index in [0.29, 0.717) is 11.5 Å². The van der Waals surface area contributed by atoms with E-state index in [1.807, 2.05) is 13.0 Å². The Bertz CT molecular complexity index is 664. The van der Waals surface area contributed by atoms with Crippen molar-refractivity contribution in [1.82, 2.24) is 10.6 Å². The van der Waals surface area contributed by atoms with Gasteiger partial charge in [-0.25, -0.2) is 4.39 Å². The van der Waals surface area contributed by atoms with Crippen molar-refractivity contribution in [2.24, 2.45) is 4.99 Å². The number of rotatable bonds is 4. The van der Waals surface area contributed by atoms with Crippen molar-refractivity contribution in [2.75, 3.05) is 7.05 Å². The molecule has 2 aromatic rings. The van der Waals surface area contributed by atoms with E-state index in [-0.39, 0.29) is 11.9 Å². The molecule has 1 heterocycles. The molecule has 0 spiro atoms. The first-order valence-electron chi connectivity index (χ1n) is 7.28. The first kappa shape index (κ1) is 16.5. The molecule has 0 radical (unpaired) electrons. The predicted octanol–water partition coefficient (Wildman–Crippen LogP) is 3.93. The zero-order valence-electron chi connectivity index (χ0n) is 13.4. The third-order valence-corrected chi connectivity index (χ3v) is 4.50. The molecule has 118 valence electrons. The molecule has 0 aliphatic heterocycles. The van der Waals surface area contributed by atoms with Gasteiger partial charge in [-0.3, -0.25) is 4.99 Å². The summed E-state index contributed by atoms with van der Waals surface area (Å²) in [6.45, 7) is 6.58. The summed E-state index contributed by atoms with van der Waals surface area (Å²) >= 11 is 1.76. The fourth-order valence-electron chi connectivity index (χ4n) is 2.11. The molecule has 1 unspecified atom stereocenters. The Morgan fingerprint density at radius 2 is 2.05 bits per heavy atom. The topological polar surface area (TPSA) is 36.4 Å². The predicted molar refractivity (Wildman–Crippen MR) is 91.9 cm³/mol. The standard InChI is InChI=1S/C17H22FN3S/c1-11-5-7-14(9-16(11)18)13(3)21-17(19-4)20-10-15-8-6-12(2)22-15/h5-9,13H,10H2,1-4H3,(H2,19,20,21). The third-order valence-electron chi connectivity index (χ3n) is 3.50. The minimum atomic E-state index is -0.178. The Kier molecular flexibility index (Phi) is 5.55. The van der Waals surface area contributed by atoms with Crippen LogP contribution in [0.1, 0.15) is 33.8 Å². The molecule has 22 heavy (non-hydrogen) atoms. The lowest BCUT2D eigenvalue weighted by atomic mass is 10.1. The van der Waals surface area contributed by atoms with E-state index >= 15 is 0 Å². The molecule has 0 saturated carbocycles. The number of benzene rings is 1. The molecular weight excluding hydrogens is 297 g/mol. The van der Waals surface area contributed by atoms with E-state index in [0.717, 1.165) is 12.1 Å². The number of thiophene rings is 1. The summed E-state index contributed by atoms with van der Waals surface area (Å²) in [5.74, 6) is 0.530. The number of hydrogen-bond donors (Lipinski definition) is 2. The maximum Gasteiger partial charge on any atom is 0.191 e. The summed E-state index contributed by atoms with van der Waals surface area (Å²) in [5, 5.41) is 6.56. The molecule has 0 aliphatic rings. The summed E-state index contributed by atoms with van der Waals surface area (Å²) in [6.07, 6.45) is 0. The van der Waals surface area contributed by atoms with Crippen LogP contribution in [-0.2, 0) is 6.54 Å².